The summed E-state index contributed by atoms with van der Waals surface area (Å²) in [5.74, 6) is 0.351. The summed E-state index contributed by atoms with van der Waals surface area (Å²) >= 11 is 0. The zero-order chi connectivity index (χ0) is 11.4. The number of carboxylic acid groups (broad SMARTS) is 1. The number of likely N-dealkylation sites (tertiary alicyclic amines) is 1. The van der Waals surface area contributed by atoms with Crippen molar-refractivity contribution in [2.24, 2.45) is 11.8 Å². The van der Waals surface area contributed by atoms with Crippen molar-refractivity contribution in [3.8, 4) is 0 Å². The van der Waals surface area contributed by atoms with Crippen molar-refractivity contribution in [3.63, 3.8) is 0 Å². The lowest BCUT2D eigenvalue weighted by Crippen LogP contribution is -2.45. The van der Waals surface area contributed by atoms with E-state index in [1.54, 1.807) is 0 Å². The molecule has 0 aromatic rings. The Labute approximate surface area is 92.5 Å². The standard InChI is InChI=1S/C12H23NO2/c1-9(2)8-13-6-4-5-11(10(13)3)7-12(14)15/h9-11H,4-8H2,1-3H3,(H,14,15)/t10-,11-/m0/s1. The van der Waals surface area contributed by atoms with Crippen LogP contribution in [0.1, 0.15) is 40.0 Å². The van der Waals surface area contributed by atoms with E-state index >= 15 is 0 Å². The topological polar surface area (TPSA) is 40.5 Å². The molecule has 0 bridgehead atoms. The number of carbonyl (C=O) groups is 1. The number of aliphatic carboxylic acids is 1. The van der Waals surface area contributed by atoms with Crippen LogP contribution in [0.2, 0.25) is 0 Å². The minimum Gasteiger partial charge on any atom is -0.481 e. The van der Waals surface area contributed by atoms with Crippen molar-refractivity contribution in [1.29, 1.82) is 0 Å². The summed E-state index contributed by atoms with van der Waals surface area (Å²) in [6.45, 7) is 8.84. The average Bonchev–Trinajstić information content (AvgIpc) is 2.10. The Morgan fingerprint density at radius 1 is 1.53 bits per heavy atom. The van der Waals surface area contributed by atoms with E-state index in [2.05, 4.69) is 25.7 Å². The third-order valence-corrected chi connectivity index (χ3v) is 3.31. The van der Waals surface area contributed by atoms with E-state index in [9.17, 15) is 4.79 Å². The molecule has 1 aliphatic heterocycles. The summed E-state index contributed by atoms with van der Waals surface area (Å²) in [6.07, 6.45) is 2.55. The largest absolute Gasteiger partial charge is 0.481 e. The van der Waals surface area contributed by atoms with Crippen LogP contribution in [0.25, 0.3) is 0 Å². The highest BCUT2D eigenvalue weighted by Crippen LogP contribution is 2.26. The fourth-order valence-corrected chi connectivity index (χ4v) is 2.52. The third kappa shape index (κ3) is 3.82. The van der Waals surface area contributed by atoms with Crippen LogP contribution in [-0.2, 0) is 4.79 Å². The predicted octanol–water partition coefficient (Wildman–Crippen LogP) is 2.22. The van der Waals surface area contributed by atoms with E-state index in [0.29, 0.717) is 24.3 Å². The highest BCUT2D eigenvalue weighted by atomic mass is 16.4. The van der Waals surface area contributed by atoms with E-state index in [1.807, 2.05) is 0 Å². The molecule has 0 unspecified atom stereocenters. The maximum atomic E-state index is 10.7. The lowest BCUT2D eigenvalue weighted by molar-refractivity contribution is -0.139. The molecule has 88 valence electrons. The van der Waals surface area contributed by atoms with E-state index < -0.39 is 5.97 Å². The van der Waals surface area contributed by atoms with Crippen molar-refractivity contribution in [2.45, 2.75) is 46.1 Å². The maximum absolute atomic E-state index is 10.7. The van der Waals surface area contributed by atoms with Gasteiger partial charge >= 0.3 is 5.97 Å². The van der Waals surface area contributed by atoms with Crippen LogP contribution in [0, 0.1) is 11.8 Å². The van der Waals surface area contributed by atoms with Gasteiger partial charge in [-0.25, -0.2) is 0 Å². The molecule has 0 aromatic heterocycles. The predicted molar refractivity (Wildman–Crippen MR) is 60.8 cm³/mol. The molecule has 1 saturated heterocycles. The monoisotopic (exact) mass is 213 g/mol. The van der Waals surface area contributed by atoms with Crippen molar-refractivity contribution >= 4 is 5.97 Å². The third-order valence-electron chi connectivity index (χ3n) is 3.31. The number of rotatable bonds is 4. The summed E-state index contributed by atoms with van der Waals surface area (Å²) in [7, 11) is 0. The molecule has 3 heteroatoms. The highest BCUT2D eigenvalue weighted by molar-refractivity contribution is 5.67. The Bertz CT molecular complexity index is 216. The summed E-state index contributed by atoms with van der Waals surface area (Å²) in [5.41, 5.74) is 0. The molecule has 1 fully saturated rings. The Balaban J connectivity index is 2.50. The first-order valence-corrected chi connectivity index (χ1v) is 5.96. The molecule has 0 saturated carbocycles. The van der Waals surface area contributed by atoms with Crippen LogP contribution in [-0.4, -0.2) is 35.1 Å². The van der Waals surface area contributed by atoms with Gasteiger partial charge in [0, 0.05) is 19.0 Å². The second kappa shape index (κ2) is 5.50. The van der Waals surface area contributed by atoms with Gasteiger partial charge in [-0.3, -0.25) is 4.79 Å². The second-order valence-electron chi connectivity index (χ2n) is 5.13. The Hall–Kier alpha value is -0.570. The Morgan fingerprint density at radius 2 is 2.20 bits per heavy atom. The first kappa shape index (κ1) is 12.5. The van der Waals surface area contributed by atoms with Gasteiger partial charge in [0.05, 0.1) is 0 Å². The van der Waals surface area contributed by atoms with Gasteiger partial charge < -0.3 is 10.0 Å². The molecule has 1 heterocycles. The minimum atomic E-state index is -0.654. The number of carboxylic acids is 1. The number of hydrogen-bond donors (Lipinski definition) is 1. The normalized spacial score (nSPS) is 28.3. The zero-order valence-electron chi connectivity index (χ0n) is 10.1. The molecule has 1 N–H and O–H groups in total. The Kier molecular flexibility index (Phi) is 4.58. The summed E-state index contributed by atoms with van der Waals surface area (Å²) in [5, 5.41) is 8.83. The van der Waals surface area contributed by atoms with Crippen LogP contribution >= 0.6 is 0 Å². The van der Waals surface area contributed by atoms with Crippen molar-refractivity contribution in [1.82, 2.24) is 4.90 Å². The van der Waals surface area contributed by atoms with Crippen molar-refractivity contribution in [2.75, 3.05) is 13.1 Å². The van der Waals surface area contributed by atoms with E-state index in [-0.39, 0.29) is 0 Å². The van der Waals surface area contributed by atoms with Gasteiger partial charge in [-0.15, -0.1) is 0 Å². The number of hydrogen-bond acceptors (Lipinski definition) is 2. The number of nitrogens with zero attached hydrogens (tertiary/aromatic N) is 1. The van der Waals surface area contributed by atoms with Crippen LogP contribution < -0.4 is 0 Å². The van der Waals surface area contributed by atoms with Gasteiger partial charge in [-0.05, 0) is 38.1 Å². The molecule has 15 heavy (non-hydrogen) atoms. The molecule has 0 radical (unpaired) electrons. The molecule has 0 aliphatic carbocycles. The van der Waals surface area contributed by atoms with Crippen LogP contribution in [0.15, 0.2) is 0 Å². The molecule has 1 rings (SSSR count). The van der Waals surface area contributed by atoms with Crippen LogP contribution in [0.4, 0.5) is 0 Å². The summed E-state index contributed by atoms with van der Waals surface area (Å²) < 4.78 is 0. The van der Waals surface area contributed by atoms with Gasteiger partial charge in [0.1, 0.15) is 0 Å². The first-order chi connectivity index (χ1) is 7.00. The highest BCUT2D eigenvalue weighted by Gasteiger charge is 2.29. The van der Waals surface area contributed by atoms with Crippen molar-refractivity contribution < 1.29 is 9.90 Å². The molecule has 0 amide bonds. The SMILES string of the molecule is CC(C)CN1CCC[C@@H](CC(=O)O)[C@@H]1C. The van der Waals surface area contributed by atoms with Gasteiger partial charge in [0.15, 0.2) is 0 Å². The van der Waals surface area contributed by atoms with Gasteiger partial charge in [-0.1, -0.05) is 13.8 Å². The van der Waals surface area contributed by atoms with E-state index in [1.165, 1.54) is 0 Å². The molecule has 2 atom stereocenters. The smallest absolute Gasteiger partial charge is 0.303 e. The molecule has 0 aromatic carbocycles. The average molecular weight is 213 g/mol. The lowest BCUT2D eigenvalue weighted by atomic mass is 9.87. The summed E-state index contributed by atoms with van der Waals surface area (Å²) in [6, 6.07) is 0.428. The Morgan fingerprint density at radius 3 is 2.73 bits per heavy atom. The second-order valence-corrected chi connectivity index (χ2v) is 5.13. The minimum absolute atomic E-state index is 0.329. The van der Waals surface area contributed by atoms with Gasteiger partial charge in [-0.2, -0.15) is 0 Å². The fraction of sp³-hybridized carbons (Fsp3) is 0.917. The summed E-state index contributed by atoms with van der Waals surface area (Å²) in [4.78, 5) is 13.2. The maximum Gasteiger partial charge on any atom is 0.303 e. The molecular formula is C12H23NO2. The first-order valence-electron chi connectivity index (χ1n) is 5.96. The van der Waals surface area contributed by atoms with Gasteiger partial charge in [0.25, 0.3) is 0 Å². The van der Waals surface area contributed by atoms with E-state index in [0.717, 1.165) is 25.9 Å². The molecule has 3 nitrogen and oxygen atoms in total. The van der Waals surface area contributed by atoms with Crippen LogP contribution in [0.3, 0.4) is 0 Å². The van der Waals surface area contributed by atoms with E-state index in [4.69, 9.17) is 5.11 Å². The number of piperidine rings is 1. The zero-order valence-corrected chi connectivity index (χ0v) is 10.1. The van der Waals surface area contributed by atoms with Crippen molar-refractivity contribution in [3.05, 3.63) is 0 Å². The van der Waals surface area contributed by atoms with Gasteiger partial charge in [0.2, 0.25) is 0 Å². The quantitative estimate of drug-likeness (QED) is 0.778. The lowest BCUT2D eigenvalue weighted by Gasteiger charge is -2.39. The molecular weight excluding hydrogens is 190 g/mol. The molecule has 0 spiro atoms. The molecule has 1 aliphatic rings. The fourth-order valence-electron chi connectivity index (χ4n) is 2.52. The van der Waals surface area contributed by atoms with Crippen LogP contribution in [0.5, 0.6) is 0 Å².